The first-order valence-electron chi connectivity index (χ1n) is 46.4. The number of carbonyl (C=O) groups excluding carboxylic acids is 4. The molecular weight excluding hydrogens is 1720 g/mol. The lowest BCUT2D eigenvalue weighted by atomic mass is 9.73. The van der Waals surface area contributed by atoms with Crippen molar-refractivity contribution in [2.75, 3.05) is 217 Å². The van der Waals surface area contributed by atoms with Crippen molar-refractivity contribution in [2.24, 2.45) is 21.7 Å². The highest BCUT2D eigenvalue weighted by Crippen LogP contribution is 2.50. The Morgan fingerprint density at radius 3 is 1.20 bits per heavy atom. The largest absolute Gasteiger partial charge is 0.496 e. The zero-order valence-corrected chi connectivity index (χ0v) is 81.6. The fourth-order valence-electron chi connectivity index (χ4n) is 23.4. The van der Waals surface area contributed by atoms with Gasteiger partial charge < -0.3 is 73.0 Å². The number of hydrogen-bond donors (Lipinski definition) is 0. The van der Waals surface area contributed by atoms with Gasteiger partial charge in [-0.25, -0.2) is 52.8 Å². The molecule has 16 heterocycles. The van der Waals surface area contributed by atoms with Gasteiger partial charge in [-0.3, -0.25) is 9.11 Å². The van der Waals surface area contributed by atoms with Crippen LogP contribution in [-0.4, -0.2) is 370 Å². The highest BCUT2D eigenvalue weighted by Gasteiger charge is 2.54. The minimum absolute atomic E-state index is 0.0000984. The number of sulfone groups is 4. The molecule has 16 aliphatic heterocycles. The lowest BCUT2D eigenvalue weighted by Crippen LogP contribution is -2.60. The van der Waals surface area contributed by atoms with Crippen LogP contribution in [0.1, 0.15) is 139 Å². The normalized spacial score (nSPS) is 29.0. The third-order valence-corrected chi connectivity index (χ3v) is 38.1. The summed E-state index contributed by atoms with van der Waals surface area (Å²) < 4.78 is 123. The van der Waals surface area contributed by atoms with E-state index >= 15 is 0 Å². The van der Waals surface area contributed by atoms with Crippen molar-refractivity contribution < 1.29 is 71.3 Å². The van der Waals surface area contributed by atoms with Gasteiger partial charge in [0.25, 0.3) is 0 Å². The van der Waals surface area contributed by atoms with Gasteiger partial charge in [-0.2, -0.15) is 0 Å². The van der Waals surface area contributed by atoms with Crippen LogP contribution in [0.15, 0.2) is 84.9 Å². The molecule has 1 aliphatic carbocycles. The van der Waals surface area contributed by atoms with Gasteiger partial charge in [-0.1, -0.05) is 79.7 Å². The van der Waals surface area contributed by atoms with Crippen molar-refractivity contribution >= 4 is 112 Å². The van der Waals surface area contributed by atoms with Crippen molar-refractivity contribution in [1.82, 2.24) is 44.1 Å². The molecule has 8 bridgehead atoms. The predicted octanol–water partition coefficient (Wildman–Crippen LogP) is 9.96. The standard InChI is InChI=1S/C26H35N3O3S.C24H38N4O5S2.C22H33N3O4S.C21H37N3O4S/c1-26(2)17-19-18-29(22-9-10-23(32-3)21-8-6-5-7-20(21)22)24(26)11-12-28(19)25(30)27-13-15-33(4,31)16-14-27;1-24(2)17-21-18-28(20-7-5-19(6-8-20)25(3)11-14-34(4,30)31)22(24)9-10-27(21)23(29)26-12-15-35(32,33)16-13-26;1-4-29-19-7-5-17(6-8-19)25-16-18-15-22(2,3)20(25)9-10-24(18)21(26)23-11-13-30(27,28)14-12-23;1-21(2)14-17-15-24(16-4-6-18(28-3)7-5-16)19(21)8-9-23(17)20(25)22-10-12-29(26,27)13-11-22/h5-10,19,24H,4,11-18H2,1-3H3;5-8,21-22H,9-18H2,1-4H3;5-8,18,20H,4,9-16H2,1-3H3;16-19H,4-15H2,1-3H3. The Hall–Kier alpha value is -7.24. The second-order valence-electron chi connectivity index (χ2n) is 40.9. The first-order valence-corrected chi connectivity index (χ1v) is 56.0. The van der Waals surface area contributed by atoms with Gasteiger partial charge in [0.2, 0.25) is 0 Å². The van der Waals surface area contributed by atoms with E-state index in [0.29, 0.717) is 107 Å². The molecule has 4 aromatic rings. The first-order chi connectivity index (χ1) is 59.9. The van der Waals surface area contributed by atoms with Crippen molar-refractivity contribution in [3.05, 3.63) is 84.9 Å². The Labute approximate surface area is 757 Å². The smallest absolute Gasteiger partial charge is 0.320 e. The number of methoxy groups -OCH3 is 2. The summed E-state index contributed by atoms with van der Waals surface area (Å²) in [4.78, 5) is 80.9. The van der Waals surface area contributed by atoms with Crippen LogP contribution >= 0.6 is 0 Å². The molecule has 16 saturated heterocycles. The number of fused-ring (bicyclic) bond motifs is 17. The number of hydrogen-bond acceptors (Lipinski definition) is 21. The van der Waals surface area contributed by atoms with Crippen molar-refractivity contribution in [1.29, 1.82) is 0 Å². The maximum atomic E-state index is 13.6. The van der Waals surface area contributed by atoms with E-state index in [4.69, 9.17) is 14.2 Å². The highest BCUT2D eigenvalue weighted by molar-refractivity contribution is 8.00. The average molecular weight is 1860 g/mol. The number of amides is 8. The highest BCUT2D eigenvalue weighted by atomic mass is 32.2. The first kappa shape index (κ1) is 95.8. The molecule has 29 nitrogen and oxygen atoms in total. The van der Waals surface area contributed by atoms with Crippen LogP contribution in [0.25, 0.3) is 10.8 Å². The summed E-state index contributed by atoms with van der Waals surface area (Å²) in [7, 11) is -8.62. The molecule has 4 aromatic carbocycles. The second kappa shape index (κ2) is 38.2. The molecule has 8 amide bonds. The minimum atomic E-state index is -3.04. The lowest BCUT2D eigenvalue weighted by molar-refractivity contribution is -0.0347. The third-order valence-electron chi connectivity index (χ3n) is 30.5. The van der Waals surface area contributed by atoms with Gasteiger partial charge in [0.05, 0.1) is 78.2 Å². The molecule has 0 spiro atoms. The van der Waals surface area contributed by atoms with Crippen LogP contribution in [0.3, 0.4) is 0 Å². The third kappa shape index (κ3) is 21.9. The zero-order valence-electron chi connectivity index (χ0n) is 77.5. The number of ether oxygens (including phenoxy) is 3. The van der Waals surface area contributed by atoms with E-state index in [1.54, 1.807) is 21.8 Å². The van der Waals surface area contributed by atoms with Crippen LogP contribution in [0.5, 0.6) is 11.5 Å². The van der Waals surface area contributed by atoms with E-state index in [2.05, 4.69) is 151 Å². The Kier molecular flexibility index (Phi) is 28.8. The molecular formula is C93H143N13O16S5. The van der Waals surface area contributed by atoms with E-state index in [1.165, 1.54) is 35.9 Å². The molecule has 8 unspecified atom stereocenters. The maximum absolute atomic E-state index is 13.6. The molecule has 706 valence electrons. The van der Waals surface area contributed by atoms with E-state index in [0.717, 1.165) is 132 Å². The molecule has 8 atom stereocenters. The van der Waals surface area contributed by atoms with Crippen LogP contribution in [0.4, 0.5) is 41.9 Å². The number of anilines is 4. The van der Waals surface area contributed by atoms with Gasteiger partial charge in [-0.15, -0.1) is 0 Å². The van der Waals surface area contributed by atoms with Crippen molar-refractivity contribution in [3.63, 3.8) is 0 Å². The van der Waals surface area contributed by atoms with Gasteiger partial charge in [0, 0.05) is 213 Å². The fourth-order valence-corrected chi connectivity index (χ4v) is 28.9. The quantitative estimate of drug-likeness (QED) is 0.119. The number of benzene rings is 4. The average Bonchev–Trinajstić information content (AvgIpc) is 1.67. The summed E-state index contributed by atoms with van der Waals surface area (Å²) in [6, 6.07) is 31.9. The molecule has 127 heavy (non-hydrogen) atoms. The molecule has 0 N–H and O–H groups in total. The maximum Gasteiger partial charge on any atom is 0.320 e. The molecule has 21 rings (SSSR count). The zero-order chi connectivity index (χ0) is 91.3. The monoisotopic (exact) mass is 1860 g/mol. The van der Waals surface area contributed by atoms with Crippen molar-refractivity contribution in [2.45, 2.75) is 200 Å². The Balaban J connectivity index is 0.000000138. The predicted molar refractivity (Wildman–Crippen MR) is 507 cm³/mol. The SMILES string of the molecule is C=S1(=O)CCN(C(=O)N2CCC3N(c4ccc(OC)c5ccccc45)CC2CC3(C)C)CC1.CCOc1ccc(N2CC3CC(C)(C)C2CCN3C(=O)N2CCS(=O)(=O)CC2)cc1.CN(CCS(C)(=O)=O)c1ccc(N2CC3CC(C)(C)C2CCN3C(=O)N2CCS(=O)(=O)CC2)cc1.COC1CCC(N2CC3CC(C)(C)C2CCN3C(=O)N2CCS(=O)(=O)CC2)CC1. The van der Waals surface area contributed by atoms with Crippen LogP contribution < -0.4 is 29.1 Å². The van der Waals surface area contributed by atoms with Gasteiger partial charge in [0.15, 0.2) is 29.5 Å². The minimum Gasteiger partial charge on any atom is -0.496 e. The summed E-state index contributed by atoms with van der Waals surface area (Å²) >= 11 is 0. The molecule has 17 fully saturated rings. The van der Waals surface area contributed by atoms with Crippen LogP contribution in [-0.2, 0) is 53.6 Å². The number of rotatable bonds is 12. The Morgan fingerprint density at radius 2 is 0.803 bits per heavy atom. The number of carbonyl (C=O) groups is 4. The van der Waals surface area contributed by atoms with Gasteiger partial charge in [0.1, 0.15) is 21.3 Å². The number of piperidine rings is 4. The second-order valence-corrected chi connectivity index (χ2v) is 52.9. The fraction of sp³-hybridized carbons (Fsp3) is 0.710. The van der Waals surface area contributed by atoms with Gasteiger partial charge >= 0.3 is 24.1 Å². The molecule has 17 aliphatic rings. The van der Waals surface area contributed by atoms with Crippen LogP contribution in [0.2, 0.25) is 0 Å². The van der Waals surface area contributed by atoms with E-state index < -0.39 is 48.9 Å². The van der Waals surface area contributed by atoms with E-state index in [9.17, 15) is 57.1 Å². The van der Waals surface area contributed by atoms with E-state index in [1.807, 2.05) is 64.9 Å². The molecule has 0 radical (unpaired) electrons. The molecule has 0 aromatic heterocycles. The van der Waals surface area contributed by atoms with Crippen molar-refractivity contribution in [3.8, 4) is 11.5 Å². The summed E-state index contributed by atoms with van der Waals surface area (Å²) in [6.07, 6.45) is 13.9. The topological polar surface area (TPSA) is 292 Å². The van der Waals surface area contributed by atoms with Crippen LogP contribution in [0, 0.1) is 21.7 Å². The number of nitrogens with zero attached hydrogens (tertiary/aromatic N) is 13. The molecule has 34 heteroatoms. The lowest BCUT2D eigenvalue weighted by Gasteiger charge is -2.52. The van der Waals surface area contributed by atoms with Gasteiger partial charge in [-0.05, 0) is 182 Å². The summed E-state index contributed by atoms with van der Waals surface area (Å²) in [6.45, 7) is 30.8. The summed E-state index contributed by atoms with van der Waals surface area (Å²) in [5.74, 6) is 7.17. The Morgan fingerprint density at radius 1 is 0.441 bits per heavy atom. The molecule has 1 saturated carbocycles. The van der Waals surface area contributed by atoms with E-state index in [-0.39, 0.29) is 129 Å². The summed E-state index contributed by atoms with van der Waals surface area (Å²) in [5.41, 5.74) is 4.83. The Bertz CT molecular complexity index is 5140. The summed E-state index contributed by atoms with van der Waals surface area (Å²) in [5, 5.41) is 2.31. The number of urea groups is 4.